The van der Waals surface area contributed by atoms with E-state index in [2.05, 4.69) is 19.2 Å². The van der Waals surface area contributed by atoms with Gasteiger partial charge in [0.05, 0.1) is 12.5 Å². The molecule has 0 spiro atoms. The molecule has 0 radical (unpaired) electrons. The molecule has 2 unspecified atom stereocenters. The van der Waals surface area contributed by atoms with Crippen molar-refractivity contribution in [3.63, 3.8) is 0 Å². The van der Waals surface area contributed by atoms with Crippen LogP contribution in [0.5, 0.6) is 0 Å². The van der Waals surface area contributed by atoms with E-state index in [1.807, 2.05) is 13.8 Å². The smallest absolute Gasteiger partial charge is 0.309 e. The number of rotatable bonds is 5. The second-order valence-corrected chi connectivity index (χ2v) is 4.81. The average molecular weight is 199 g/mol. The van der Waals surface area contributed by atoms with Crippen molar-refractivity contribution in [3.8, 4) is 0 Å². The van der Waals surface area contributed by atoms with Crippen LogP contribution in [0.25, 0.3) is 0 Å². The standard InChI is InChI=1S/C11H21NO2/c1-5-14-10(13)8(2)7-12-9-6-11(9,3)4/h8-9,12H,5-7H2,1-4H3. The summed E-state index contributed by atoms with van der Waals surface area (Å²) in [6.07, 6.45) is 1.21. The van der Waals surface area contributed by atoms with Crippen molar-refractivity contribution < 1.29 is 9.53 Å². The SMILES string of the molecule is CCOC(=O)C(C)CNC1CC1(C)C. The summed E-state index contributed by atoms with van der Waals surface area (Å²) in [5.74, 6) is -0.134. The van der Waals surface area contributed by atoms with Crippen LogP contribution >= 0.6 is 0 Å². The van der Waals surface area contributed by atoms with E-state index in [1.165, 1.54) is 6.42 Å². The van der Waals surface area contributed by atoms with Crippen LogP contribution in [-0.2, 0) is 9.53 Å². The van der Waals surface area contributed by atoms with E-state index < -0.39 is 0 Å². The molecule has 0 amide bonds. The number of carbonyl (C=O) groups excluding carboxylic acids is 1. The van der Waals surface area contributed by atoms with Gasteiger partial charge in [0.2, 0.25) is 0 Å². The zero-order valence-corrected chi connectivity index (χ0v) is 9.59. The molecule has 14 heavy (non-hydrogen) atoms. The third-order valence-corrected chi connectivity index (χ3v) is 2.87. The largest absolute Gasteiger partial charge is 0.466 e. The van der Waals surface area contributed by atoms with Crippen LogP contribution in [-0.4, -0.2) is 25.2 Å². The highest BCUT2D eigenvalue weighted by atomic mass is 16.5. The first-order valence-electron chi connectivity index (χ1n) is 5.37. The number of ether oxygens (including phenoxy) is 1. The fraction of sp³-hybridized carbons (Fsp3) is 0.909. The van der Waals surface area contributed by atoms with Gasteiger partial charge in [0.15, 0.2) is 0 Å². The van der Waals surface area contributed by atoms with Crippen molar-refractivity contribution >= 4 is 5.97 Å². The summed E-state index contributed by atoms with van der Waals surface area (Å²) < 4.78 is 4.93. The minimum Gasteiger partial charge on any atom is -0.466 e. The van der Waals surface area contributed by atoms with Crippen LogP contribution in [0.1, 0.15) is 34.1 Å². The van der Waals surface area contributed by atoms with E-state index in [1.54, 1.807) is 0 Å². The van der Waals surface area contributed by atoms with Crippen LogP contribution in [0.2, 0.25) is 0 Å². The van der Waals surface area contributed by atoms with E-state index >= 15 is 0 Å². The molecule has 0 aromatic carbocycles. The van der Waals surface area contributed by atoms with E-state index in [0.717, 1.165) is 6.54 Å². The van der Waals surface area contributed by atoms with Gasteiger partial charge in [0.25, 0.3) is 0 Å². The van der Waals surface area contributed by atoms with Crippen molar-refractivity contribution in [1.29, 1.82) is 0 Å². The van der Waals surface area contributed by atoms with Gasteiger partial charge in [-0.3, -0.25) is 4.79 Å². The fourth-order valence-electron chi connectivity index (χ4n) is 1.50. The maximum absolute atomic E-state index is 11.3. The Hall–Kier alpha value is -0.570. The minimum atomic E-state index is -0.0987. The molecule has 2 atom stereocenters. The Kier molecular flexibility index (Phi) is 3.53. The number of esters is 1. The highest BCUT2D eigenvalue weighted by Crippen LogP contribution is 2.44. The summed E-state index contributed by atoms with van der Waals surface area (Å²) in [6, 6.07) is 0.583. The van der Waals surface area contributed by atoms with E-state index in [9.17, 15) is 4.79 Å². The summed E-state index contributed by atoms with van der Waals surface area (Å²) in [5, 5.41) is 3.39. The van der Waals surface area contributed by atoms with Crippen molar-refractivity contribution in [1.82, 2.24) is 5.32 Å². The molecule has 0 saturated heterocycles. The molecule has 1 fully saturated rings. The summed E-state index contributed by atoms with van der Waals surface area (Å²) in [4.78, 5) is 11.3. The highest BCUT2D eigenvalue weighted by Gasteiger charge is 2.45. The minimum absolute atomic E-state index is 0.0358. The Morgan fingerprint density at radius 1 is 1.64 bits per heavy atom. The molecule has 1 aliphatic carbocycles. The molecular weight excluding hydrogens is 178 g/mol. The summed E-state index contributed by atoms with van der Waals surface area (Å²) in [6.45, 7) is 9.41. The van der Waals surface area contributed by atoms with Gasteiger partial charge < -0.3 is 10.1 Å². The predicted octanol–water partition coefficient (Wildman–Crippen LogP) is 1.57. The first kappa shape index (κ1) is 11.5. The Labute approximate surface area is 86.2 Å². The number of hydrogen-bond donors (Lipinski definition) is 1. The third-order valence-electron chi connectivity index (χ3n) is 2.87. The van der Waals surface area contributed by atoms with Gasteiger partial charge >= 0.3 is 5.97 Å². The monoisotopic (exact) mass is 199 g/mol. The van der Waals surface area contributed by atoms with E-state index in [0.29, 0.717) is 18.1 Å². The van der Waals surface area contributed by atoms with Gasteiger partial charge in [-0.25, -0.2) is 0 Å². The van der Waals surface area contributed by atoms with Gasteiger partial charge in [-0.15, -0.1) is 0 Å². The first-order chi connectivity index (χ1) is 6.47. The van der Waals surface area contributed by atoms with Gasteiger partial charge in [-0.05, 0) is 18.8 Å². The zero-order valence-electron chi connectivity index (χ0n) is 9.59. The molecule has 3 heteroatoms. The average Bonchev–Trinajstić information content (AvgIpc) is 2.70. The molecule has 0 aromatic heterocycles. The van der Waals surface area contributed by atoms with Crippen LogP contribution in [0.4, 0.5) is 0 Å². The Bertz CT molecular complexity index is 213. The lowest BCUT2D eigenvalue weighted by atomic mass is 10.1. The summed E-state index contributed by atoms with van der Waals surface area (Å²) in [5.41, 5.74) is 0.425. The van der Waals surface area contributed by atoms with Crippen LogP contribution in [0, 0.1) is 11.3 Å². The highest BCUT2D eigenvalue weighted by molar-refractivity contribution is 5.72. The second-order valence-electron chi connectivity index (χ2n) is 4.81. The van der Waals surface area contributed by atoms with Crippen LogP contribution < -0.4 is 5.32 Å². The Balaban J connectivity index is 2.15. The lowest BCUT2D eigenvalue weighted by molar-refractivity contribution is -0.147. The molecule has 0 aliphatic heterocycles. The normalized spacial score (nSPS) is 25.6. The molecule has 1 aliphatic rings. The van der Waals surface area contributed by atoms with Gasteiger partial charge in [0, 0.05) is 12.6 Å². The molecule has 3 nitrogen and oxygen atoms in total. The zero-order chi connectivity index (χ0) is 10.8. The van der Waals surface area contributed by atoms with E-state index in [-0.39, 0.29) is 11.9 Å². The fourth-order valence-corrected chi connectivity index (χ4v) is 1.50. The Morgan fingerprint density at radius 2 is 2.21 bits per heavy atom. The topological polar surface area (TPSA) is 38.3 Å². The second kappa shape index (κ2) is 4.30. The van der Waals surface area contributed by atoms with Crippen molar-refractivity contribution in [2.75, 3.05) is 13.2 Å². The van der Waals surface area contributed by atoms with Crippen molar-refractivity contribution in [2.45, 2.75) is 40.2 Å². The van der Waals surface area contributed by atoms with Gasteiger partial charge in [-0.1, -0.05) is 20.8 Å². The molecule has 1 rings (SSSR count). The van der Waals surface area contributed by atoms with Gasteiger partial charge in [0.1, 0.15) is 0 Å². The molecule has 1 N–H and O–H groups in total. The predicted molar refractivity (Wildman–Crippen MR) is 56.0 cm³/mol. The van der Waals surface area contributed by atoms with E-state index in [4.69, 9.17) is 4.74 Å². The lowest BCUT2D eigenvalue weighted by Gasteiger charge is -2.12. The Morgan fingerprint density at radius 3 is 2.64 bits per heavy atom. The third kappa shape index (κ3) is 2.98. The molecule has 0 aromatic rings. The van der Waals surface area contributed by atoms with Crippen molar-refractivity contribution in [2.24, 2.45) is 11.3 Å². The maximum Gasteiger partial charge on any atom is 0.309 e. The van der Waals surface area contributed by atoms with Gasteiger partial charge in [-0.2, -0.15) is 0 Å². The molecular formula is C11H21NO2. The summed E-state index contributed by atoms with van der Waals surface area (Å²) in [7, 11) is 0. The molecule has 0 bridgehead atoms. The van der Waals surface area contributed by atoms with Crippen LogP contribution in [0.15, 0.2) is 0 Å². The van der Waals surface area contributed by atoms with Crippen LogP contribution in [0.3, 0.4) is 0 Å². The molecule has 82 valence electrons. The maximum atomic E-state index is 11.3. The number of hydrogen-bond acceptors (Lipinski definition) is 3. The number of carbonyl (C=O) groups is 1. The molecule has 1 saturated carbocycles. The quantitative estimate of drug-likeness (QED) is 0.683. The summed E-state index contributed by atoms with van der Waals surface area (Å²) >= 11 is 0. The number of nitrogens with one attached hydrogen (secondary N) is 1. The molecule has 0 heterocycles. The lowest BCUT2D eigenvalue weighted by Crippen LogP contribution is -2.30. The first-order valence-corrected chi connectivity index (χ1v) is 5.37. The van der Waals surface area contributed by atoms with Crippen molar-refractivity contribution in [3.05, 3.63) is 0 Å².